The van der Waals surface area contributed by atoms with Gasteiger partial charge in [0.15, 0.2) is 0 Å². The van der Waals surface area contributed by atoms with Crippen LogP contribution in [0.4, 0.5) is 4.39 Å². The van der Waals surface area contributed by atoms with Gasteiger partial charge < -0.3 is 4.74 Å². The molecule has 0 aliphatic carbocycles. The molecule has 0 heterocycles. The number of hydrogen-bond acceptors (Lipinski definition) is 2. The molecule has 0 radical (unpaired) electrons. The molecule has 88 valence electrons. The van der Waals surface area contributed by atoms with Gasteiger partial charge in [-0.05, 0) is 25.7 Å². The molecule has 0 fully saturated rings. The Bertz CT molecular complexity index is 200. The lowest BCUT2D eigenvalue weighted by Crippen LogP contribution is -2.02. The minimum Gasteiger partial charge on any atom is -0.469 e. The van der Waals surface area contributed by atoms with Crippen molar-refractivity contribution in [3.63, 3.8) is 0 Å². The third-order valence-corrected chi connectivity index (χ3v) is 2.19. The van der Waals surface area contributed by atoms with Gasteiger partial charge in [0.2, 0.25) is 0 Å². The molecule has 2 nitrogen and oxygen atoms in total. The van der Waals surface area contributed by atoms with Gasteiger partial charge in [0.25, 0.3) is 0 Å². The van der Waals surface area contributed by atoms with E-state index in [1.807, 2.05) is 0 Å². The van der Waals surface area contributed by atoms with Gasteiger partial charge in [-0.3, -0.25) is 9.18 Å². The van der Waals surface area contributed by atoms with Crippen molar-refractivity contribution in [1.82, 2.24) is 0 Å². The number of hydrogen-bond donors (Lipinski definition) is 0. The molecule has 0 spiro atoms. The Morgan fingerprint density at radius 1 is 1.40 bits per heavy atom. The van der Waals surface area contributed by atoms with E-state index in [4.69, 9.17) is 0 Å². The molecule has 0 rings (SSSR count). The number of esters is 1. The third-order valence-electron chi connectivity index (χ3n) is 2.19. The summed E-state index contributed by atoms with van der Waals surface area (Å²) in [6.07, 6.45) is 6.68. The van der Waals surface area contributed by atoms with Gasteiger partial charge in [0, 0.05) is 0 Å². The number of ether oxygens (including phenoxy) is 1. The first-order valence-corrected chi connectivity index (χ1v) is 5.55. The Morgan fingerprint density at radius 2 is 2.13 bits per heavy atom. The molecule has 0 aromatic heterocycles. The molecular formula is C12H21FO2. The predicted molar refractivity (Wildman–Crippen MR) is 59.5 cm³/mol. The summed E-state index contributed by atoms with van der Waals surface area (Å²) in [6, 6.07) is 0. The topological polar surface area (TPSA) is 26.3 Å². The molecule has 0 amide bonds. The van der Waals surface area contributed by atoms with Gasteiger partial charge in [-0.2, -0.15) is 0 Å². The second-order valence-electron chi connectivity index (χ2n) is 3.55. The van der Waals surface area contributed by atoms with E-state index in [1.165, 1.54) is 7.11 Å². The van der Waals surface area contributed by atoms with Crippen LogP contribution in [0.1, 0.15) is 45.4 Å². The van der Waals surface area contributed by atoms with Crippen molar-refractivity contribution in [1.29, 1.82) is 0 Å². The highest BCUT2D eigenvalue weighted by atomic mass is 19.1. The normalized spacial score (nSPS) is 11.5. The van der Waals surface area contributed by atoms with Crippen LogP contribution in [0.25, 0.3) is 0 Å². The summed E-state index contributed by atoms with van der Waals surface area (Å²) in [6.45, 7) is 1.82. The van der Waals surface area contributed by atoms with Crippen molar-refractivity contribution in [2.45, 2.75) is 45.4 Å². The van der Waals surface area contributed by atoms with Crippen LogP contribution < -0.4 is 0 Å². The van der Waals surface area contributed by atoms with Crippen molar-refractivity contribution >= 4 is 5.97 Å². The molecule has 0 N–H and O–H groups in total. The van der Waals surface area contributed by atoms with E-state index >= 15 is 0 Å². The van der Waals surface area contributed by atoms with Crippen LogP contribution in [0.2, 0.25) is 0 Å². The van der Waals surface area contributed by atoms with Crippen LogP contribution in [0.15, 0.2) is 11.6 Å². The van der Waals surface area contributed by atoms with Crippen molar-refractivity contribution in [2.75, 3.05) is 13.8 Å². The summed E-state index contributed by atoms with van der Waals surface area (Å²) in [5.41, 5.74) is 1.11. The first-order chi connectivity index (χ1) is 7.24. The van der Waals surface area contributed by atoms with E-state index in [2.05, 4.69) is 17.7 Å². The molecular weight excluding hydrogens is 195 g/mol. The Hall–Kier alpha value is -0.860. The Morgan fingerprint density at radius 3 is 2.67 bits per heavy atom. The van der Waals surface area contributed by atoms with E-state index in [9.17, 15) is 9.18 Å². The zero-order chi connectivity index (χ0) is 11.5. The molecule has 0 unspecified atom stereocenters. The van der Waals surface area contributed by atoms with Gasteiger partial charge in [-0.15, -0.1) is 0 Å². The monoisotopic (exact) mass is 216 g/mol. The number of unbranched alkanes of at least 4 members (excludes halogenated alkanes) is 2. The first-order valence-electron chi connectivity index (χ1n) is 5.55. The lowest BCUT2D eigenvalue weighted by molar-refractivity contribution is -0.139. The smallest absolute Gasteiger partial charge is 0.309 e. The fourth-order valence-corrected chi connectivity index (χ4v) is 1.39. The van der Waals surface area contributed by atoms with Crippen molar-refractivity contribution in [3.05, 3.63) is 11.6 Å². The number of carbonyl (C=O) groups excluding carboxylic acids is 1. The summed E-state index contributed by atoms with van der Waals surface area (Å²) in [5.74, 6) is -0.194. The Kier molecular flexibility index (Phi) is 9.13. The van der Waals surface area contributed by atoms with Crippen LogP contribution >= 0.6 is 0 Å². The molecule has 0 atom stereocenters. The zero-order valence-corrected chi connectivity index (χ0v) is 9.72. The van der Waals surface area contributed by atoms with Gasteiger partial charge in [0.05, 0.1) is 20.2 Å². The molecule has 0 saturated heterocycles. The minimum absolute atomic E-state index is 0.194. The maximum atomic E-state index is 11.8. The second kappa shape index (κ2) is 9.69. The van der Waals surface area contributed by atoms with E-state index in [1.54, 1.807) is 0 Å². The molecule has 0 bridgehead atoms. The number of allylic oxidation sites excluding steroid dienone is 1. The second-order valence-corrected chi connectivity index (χ2v) is 3.55. The Balaban J connectivity index is 3.94. The van der Waals surface area contributed by atoms with E-state index in [-0.39, 0.29) is 12.6 Å². The van der Waals surface area contributed by atoms with Crippen LogP contribution in [0.3, 0.4) is 0 Å². The fourth-order valence-electron chi connectivity index (χ4n) is 1.39. The van der Waals surface area contributed by atoms with Gasteiger partial charge in [-0.1, -0.05) is 25.0 Å². The number of halogens is 1. The number of alkyl halides is 1. The van der Waals surface area contributed by atoms with Gasteiger partial charge in [0.1, 0.15) is 0 Å². The summed E-state index contributed by atoms with van der Waals surface area (Å²) in [7, 11) is 1.40. The predicted octanol–water partition coefficient (Wildman–Crippen LogP) is 3.42. The quantitative estimate of drug-likeness (QED) is 0.353. The van der Waals surface area contributed by atoms with Gasteiger partial charge >= 0.3 is 5.97 Å². The van der Waals surface area contributed by atoms with E-state index in [0.717, 1.165) is 31.3 Å². The lowest BCUT2D eigenvalue weighted by Gasteiger charge is -2.04. The molecule has 0 aliphatic heterocycles. The standard InChI is InChI=1S/C12H21FO2/c1-3-7-11(10-12(14)15-2)8-5-4-6-9-13/h8H,3-7,9-10H2,1-2H3/b11-8+. The molecule has 0 saturated carbocycles. The van der Waals surface area contributed by atoms with E-state index in [0.29, 0.717) is 12.8 Å². The molecule has 15 heavy (non-hydrogen) atoms. The van der Waals surface area contributed by atoms with Gasteiger partial charge in [-0.25, -0.2) is 0 Å². The zero-order valence-electron chi connectivity index (χ0n) is 9.72. The third kappa shape index (κ3) is 8.16. The summed E-state index contributed by atoms with van der Waals surface area (Å²) < 4.78 is 16.5. The highest BCUT2D eigenvalue weighted by Gasteiger charge is 2.04. The maximum absolute atomic E-state index is 11.8. The molecule has 0 aromatic carbocycles. The highest BCUT2D eigenvalue weighted by Crippen LogP contribution is 2.13. The van der Waals surface area contributed by atoms with E-state index < -0.39 is 0 Å². The van der Waals surface area contributed by atoms with Crippen molar-refractivity contribution in [3.8, 4) is 0 Å². The number of carbonyl (C=O) groups is 1. The largest absolute Gasteiger partial charge is 0.469 e. The average Bonchev–Trinajstić information content (AvgIpc) is 2.24. The summed E-state index contributed by atoms with van der Waals surface area (Å²) in [4.78, 5) is 11.1. The Labute approximate surface area is 91.5 Å². The number of rotatable bonds is 8. The SMILES string of the molecule is CCC/C(=C\CCCCF)CC(=O)OC. The maximum Gasteiger partial charge on any atom is 0.309 e. The summed E-state index contributed by atoms with van der Waals surface area (Å²) >= 11 is 0. The van der Waals surface area contributed by atoms with Crippen molar-refractivity contribution in [2.24, 2.45) is 0 Å². The molecule has 0 aliphatic rings. The highest BCUT2D eigenvalue weighted by molar-refractivity contribution is 5.72. The van der Waals surface area contributed by atoms with Crippen LogP contribution in [-0.2, 0) is 9.53 Å². The van der Waals surface area contributed by atoms with Crippen LogP contribution in [0, 0.1) is 0 Å². The van der Waals surface area contributed by atoms with Crippen LogP contribution in [0.5, 0.6) is 0 Å². The summed E-state index contributed by atoms with van der Waals surface area (Å²) in [5, 5.41) is 0. The number of methoxy groups -OCH3 is 1. The average molecular weight is 216 g/mol. The first kappa shape index (κ1) is 14.1. The van der Waals surface area contributed by atoms with Crippen molar-refractivity contribution < 1.29 is 13.9 Å². The molecule has 3 heteroatoms. The fraction of sp³-hybridized carbons (Fsp3) is 0.750. The lowest BCUT2D eigenvalue weighted by atomic mass is 10.0. The minimum atomic E-state index is -0.256. The molecule has 0 aromatic rings. The van der Waals surface area contributed by atoms with Crippen LogP contribution in [-0.4, -0.2) is 19.8 Å².